The number of benzene rings is 1. The van der Waals surface area contributed by atoms with Crippen molar-refractivity contribution >= 4 is 48.0 Å². The third-order valence-corrected chi connectivity index (χ3v) is 6.71. The normalized spacial score (nSPS) is 22.8. The third-order valence-electron chi connectivity index (χ3n) is 5.28. The molecule has 1 aliphatic carbocycles. The van der Waals surface area contributed by atoms with E-state index in [1.165, 1.54) is 30.6 Å². The molecule has 26 heavy (non-hydrogen) atoms. The van der Waals surface area contributed by atoms with Gasteiger partial charge in [0, 0.05) is 19.5 Å². The Labute approximate surface area is 163 Å². The Hall–Kier alpha value is -1.67. The van der Waals surface area contributed by atoms with E-state index in [2.05, 4.69) is 31.4 Å². The van der Waals surface area contributed by atoms with Crippen LogP contribution < -0.4 is 10.3 Å². The summed E-state index contributed by atoms with van der Waals surface area (Å²) < 4.78 is 1.70. The molecular weight excluding hydrogens is 416 g/mol. The van der Waals surface area contributed by atoms with Crippen LogP contribution in [0.1, 0.15) is 38.2 Å². The highest BCUT2D eigenvalue weighted by Gasteiger charge is 2.41. The van der Waals surface area contributed by atoms with Gasteiger partial charge in [-0.1, -0.05) is 29.9 Å². The van der Waals surface area contributed by atoms with Crippen molar-refractivity contribution in [2.45, 2.75) is 44.7 Å². The maximum Gasteiger partial charge on any atom is 0.305 e. The Bertz CT molecular complexity index is 933. The van der Waals surface area contributed by atoms with Gasteiger partial charge < -0.3 is 9.88 Å². The molecule has 0 spiro atoms. The van der Waals surface area contributed by atoms with Crippen LogP contribution in [-0.2, 0) is 11.3 Å². The second kappa shape index (κ2) is 6.81. The van der Waals surface area contributed by atoms with Crippen LogP contribution in [0.3, 0.4) is 0 Å². The molecule has 1 atom stereocenters. The Morgan fingerprint density at radius 3 is 2.92 bits per heavy atom. The quantitative estimate of drug-likeness (QED) is 0.755. The molecule has 0 radical (unpaired) electrons. The maximum atomic E-state index is 13.3. The first kappa shape index (κ1) is 17.7. The minimum Gasteiger partial charge on any atom is -0.336 e. The van der Waals surface area contributed by atoms with Gasteiger partial charge in [0.25, 0.3) is 0 Å². The van der Waals surface area contributed by atoms with Gasteiger partial charge in [-0.2, -0.15) is 5.10 Å². The van der Waals surface area contributed by atoms with Gasteiger partial charge in [-0.3, -0.25) is 15.0 Å². The summed E-state index contributed by atoms with van der Waals surface area (Å²) in [4.78, 5) is 29.8. The van der Waals surface area contributed by atoms with Crippen molar-refractivity contribution in [3.05, 3.63) is 33.4 Å². The van der Waals surface area contributed by atoms with Crippen molar-refractivity contribution in [3.8, 4) is 0 Å². The first-order chi connectivity index (χ1) is 12.4. The van der Waals surface area contributed by atoms with Crippen molar-refractivity contribution in [1.29, 1.82) is 0 Å². The average Bonchev–Trinajstić information content (AvgIpc) is 3.11. The lowest BCUT2D eigenvalue weighted by Gasteiger charge is -2.36. The van der Waals surface area contributed by atoms with Crippen LogP contribution in [0, 0.1) is 5.92 Å². The van der Waals surface area contributed by atoms with E-state index in [0.717, 1.165) is 26.9 Å². The largest absolute Gasteiger partial charge is 0.336 e. The van der Waals surface area contributed by atoms with Gasteiger partial charge in [0.1, 0.15) is 10.2 Å². The first-order valence-electron chi connectivity index (χ1n) is 8.84. The fourth-order valence-corrected chi connectivity index (χ4v) is 5.08. The predicted octanol–water partition coefficient (Wildman–Crippen LogP) is 3.18. The van der Waals surface area contributed by atoms with Gasteiger partial charge in [-0.25, -0.2) is 0 Å². The number of thiazole rings is 1. The van der Waals surface area contributed by atoms with E-state index in [0.29, 0.717) is 18.9 Å². The molecule has 1 aliphatic heterocycles. The van der Waals surface area contributed by atoms with E-state index < -0.39 is 5.54 Å². The number of nitrogens with one attached hydrogen (secondary N) is 2. The van der Waals surface area contributed by atoms with Crippen LogP contribution in [-0.4, -0.2) is 32.5 Å². The molecule has 2 N–H and O–H groups in total. The monoisotopic (exact) mass is 436 g/mol. The van der Waals surface area contributed by atoms with Gasteiger partial charge in [0.05, 0.1) is 10.2 Å². The molecule has 4 rings (SSSR count). The van der Waals surface area contributed by atoms with E-state index in [1.54, 1.807) is 0 Å². The van der Waals surface area contributed by atoms with E-state index in [1.807, 2.05) is 30.0 Å². The van der Waals surface area contributed by atoms with Crippen LogP contribution in [0.15, 0.2) is 28.1 Å². The molecule has 2 aromatic rings. The van der Waals surface area contributed by atoms with Crippen molar-refractivity contribution < 1.29 is 4.79 Å². The number of carbonyl (C=O) groups is 1. The SMILES string of the molecule is CC1(C(=O)N(Cc2cccc3[nH]c(=O)sc23)CC2CCC2)CC(Br)=NN1. The van der Waals surface area contributed by atoms with Gasteiger partial charge in [-0.15, -0.1) is 0 Å². The second-order valence-electron chi connectivity index (χ2n) is 7.40. The molecule has 1 amide bonds. The summed E-state index contributed by atoms with van der Waals surface area (Å²) in [5.74, 6) is 0.625. The number of nitrogens with zero attached hydrogens (tertiary/aromatic N) is 2. The Balaban J connectivity index is 1.62. The second-order valence-corrected chi connectivity index (χ2v) is 9.30. The Morgan fingerprint density at radius 1 is 1.46 bits per heavy atom. The zero-order chi connectivity index (χ0) is 18.3. The lowest BCUT2D eigenvalue weighted by atomic mass is 9.84. The molecule has 8 heteroatoms. The van der Waals surface area contributed by atoms with E-state index in [-0.39, 0.29) is 10.8 Å². The number of fused-ring (bicyclic) bond motifs is 1. The number of hydrogen-bond acceptors (Lipinski definition) is 5. The average molecular weight is 437 g/mol. The molecule has 0 saturated heterocycles. The highest BCUT2D eigenvalue weighted by atomic mass is 79.9. The van der Waals surface area contributed by atoms with Crippen LogP contribution >= 0.6 is 27.3 Å². The minimum absolute atomic E-state index is 0.0579. The summed E-state index contributed by atoms with van der Waals surface area (Å²) in [6.07, 6.45) is 4.15. The topological polar surface area (TPSA) is 77.6 Å². The fourth-order valence-electron chi connectivity index (χ4n) is 3.60. The molecule has 2 aliphatic rings. The summed E-state index contributed by atoms with van der Waals surface area (Å²) in [6, 6.07) is 5.84. The lowest BCUT2D eigenvalue weighted by molar-refractivity contribution is -0.139. The molecule has 138 valence electrons. The standard InChI is InChI=1S/C18H21BrN4O2S/c1-18(8-14(19)21-22-18)16(24)23(9-11-4-2-5-11)10-12-6-3-7-13-15(12)26-17(25)20-13/h3,6-7,11,22H,2,4-5,8-10H2,1H3,(H,20,25). The number of H-pyrrole nitrogens is 1. The first-order valence-corrected chi connectivity index (χ1v) is 10.4. The van der Waals surface area contributed by atoms with Gasteiger partial charge in [0.15, 0.2) is 0 Å². The number of amides is 1. The summed E-state index contributed by atoms with van der Waals surface area (Å²) in [5, 5.41) is 4.16. The molecule has 1 saturated carbocycles. The zero-order valence-corrected chi connectivity index (χ0v) is 17.0. The van der Waals surface area contributed by atoms with E-state index in [9.17, 15) is 9.59 Å². The molecular formula is C18H21BrN4O2S. The van der Waals surface area contributed by atoms with Gasteiger partial charge >= 0.3 is 4.87 Å². The molecule has 1 unspecified atom stereocenters. The molecule has 1 aromatic heterocycles. The van der Waals surface area contributed by atoms with E-state index >= 15 is 0 Å². The van der Waals surface area contributed by atoms with Crippen molar-refractivity contribution in [2.75, 3.05) is 6.54 Å². The van der Waals surface area contributed by atoms with Crippen LogP contribution in [0.4, 0.5) is 0 Å². The number of carbonyl (C=O) groups excluding carboxylic acids is 1. The summed E-state index contributed by atoms with van der Waals surface area (Å²) in [7, 11) is 0. The number of rotatable bonds is 5. The number of aromatic amines is 1. The number of hydrazone groups is 1. The highest BCUT2D eigenvalue weighted by Crippen LogP contribution is 2.31. The Morgan fingerprint density at radius 2 is 2.27 bits per heavy atom. The number of aromatic nitrogens is 1. The molecule has 1 fully saturated rings. The summed E-state index contributed by atoms with van der Waals surface area (Å²) in [6.45, 7) is 3.16. The van der Waals surface area contributed by atoms with Crippen LogP contribution in [0.25, 0.3) is 10.2 Å². The molecule has 6 nitrogen and oxygen atoms in total. The molecule has 0 bridgehead atoms. The van der Waals surface area contributed by atoms with Crippen molar-refractivity contribution in [2.24, 2.45) is 11.0 Å². The van der Waals surface area contributed by atoms with Crippen LogP contribution in [0.5, 0.6) is 0 Å². The van der Waals surface area contributed by atoms with Gasteiger partial charge in [-0.05, 0) is 53.2 Å². The van der Waals surface area contributed by atoms with Gasteiger partial charge in [0.2, 0.25) is 5.91 Å². The molecule has 2 heterocycles. The summed E-state index contributed by atoms with van der Waals surface area (Å²) >= 11 is 4.60. The fraction of sp³-hybridized carbons (Fsp3) is 0.500. The smallest absolute Gasteiger partial charge is 0.305 e. The van der Waals surface area contributed by atoms with Crippen molar-refractivity contribution in [3.63, 3.8) is 0 Å². The van der Waals surface area contributed by atoms with Crippen LogP contribution in [0.2, 0.25) is 0 Å². The Kier molecular flexibility index (Phi) is 4.64. The summed E-state index contributed by atoms with van der Waals surface area (Å²) in [5.41, 5.74) is 4.13. The highest BCUT2D eigenvalue weighted by molar-refractivity contribution is 9.18. The predicted molar refractivity (Wildman–Crippen MR) is 108 cm³/mol. The van der Waals surface area contributed by atoms with E-state index in [4.69, 9.17) is 0 Å². The number of hydrogen-bond donors (Lipinski definition) is 2. The molecule has 1 aromatic carbocycles. The lowest BCUT2D eigenvalue weighted by Crippen LogP contribution is -2.53. The van der Waals surface area contributed by atoms with Crippen molar-refractivity contribution in [1.82, 2.24) is 15.3 Å². The zero-order valence-electron chi connectivity index (χ0n) is 14.5. The number of halogens is 1. The maximum absolute atomic E-state index is 13.3. The minimum atomic E-state index is -0.720. The third kappa shape index (κ3) is 3.32.